The number of rotatable bonds is 9. The number of aromatic hydroxyl groups is 1. The lowest BCUT2D eigenvalue weighted by molar-refractivity contribution is -0.139. The van der Waals surface area contributed by atoms with Crippen molar-refractivity contribution >= 4 is 29.1 Å². The maximum Gasteiger partial charge on any atom is 0.338 e. The van der Waals surface area contributed by atoms with Gasteiger partial charge in [-0.15, -0.1) is 6.58 Å². The summed E-state index contributed by atoms with van der Waals surface area (Å²) in [7, 11) is 3.90. The van der Waals surface area contributed by atoms with Gasteiger partial charge >= 0.3 is 5.97 Å². The zero-order valence-electron chi connectivity index (χ0n) is 22.9. The molecule has 0 fully saturated rings. The molecule has 2 aromatic carbocycles. The van der Waals surface area contributed by atoms with E-state index >= 15 is 0 Å². The fraction of sp³-hybridized carbons (Fsp3) is 0.300. The molecule has 3 aromatic rings. The van der Waals surface area contributed by atoms with Crippen molar-refractivity contribution in [1.29, 1.82) is 0 Å². The Hall–Kier alpha value is -4.11. The highest BCUT2D eigenvalue weighted by Gasteiger charge is 2.33. The van der Waals surface area contributed by atoms with Gasteiger partial charge in [0, 0.05) is 25.3 Å². The number of allylic oxidation sites excluding steroid dienone is 2. The average Bonchev–Trinajstić information content (AvgIpc) is 3.20. The third-order valence-electron chi connectivity index (χ3n) is 6.38. The minimum Gasteiger partial charge on any atom is -0.504 e. The molecule has 0 radical (unpaired) electrons. The quantitative estimate of drug-likeness (QED) is 0.324. The Kier molecular flexibility index (Phi) is 8.40. The van der Waals surface area contributed by atoms with E-state index in [1.807, 2.05) is 56.3 Å². The molecule has 2 heterocycles. The Bertz CT molecular complexity index is 1610. The number of fused-ring (bicyclic) bond motifs is 1. The minimum atomic E-state index is -0.686. The number of aromatic nitrogens is 1. The van der Waals surface area contributed by atoms with Crippen LogP contribution in [0.3, 0.4) is 0 Å². The first-order chi connectivity index (χ1) is 18.7. The average molecular weight is 548 g/mol. The molecule has 204 valence electrons. The van der Waals surface area contributed by atoms with E-state index in [1.165, 1.54) is 11.3 Å². The number of hydrogen-bond acceptors (Lipinski definition) is 8. The first-order valence-electron chi connectivity index (χ1n) is 12.8. The van der Waals surface area contributed by atoms with E-state index in [0.29, 0.717) is 50.5 Å². The van der Waals surface area contributed by atoms with E-state index in [1.54, 1.807) is 36.6 Å². The standard InChI is InChI=1S/C30H33N3O5S/c1-7-10-21-15-19(16-23(27(21)34)37-8-2)17-24-28(35)33-26(20-11-13-22(14-12-20)32(5)6)25(29(36)38-9-3)18(4)31-30(33)39-24/h7,11-17,26,34H,1,8-10H2,2-6H3/b24-17+/t26-/m1/s1. The highest BCUT2D eigenvalue weighted by Crippen LogP contribution is 2.33. The second-order valence-corrected chi connectivity index (χ2v) is 10.2. The molecule has 0 amide bonds. The van der Waals surface area contributed by atoms with Gasteiger partial charge in [-0.25, -0.2) is 9.79 Å². The fourth-order valence-corrected chi connectivity index (χ4v) is 5.61. The van der Waals surface area contributed by atoms with Gasteiger partial charge in [0.1, 0.15) is 0 Å². The van der Waals surface area contributed by atoms with Crippen molar-refractivity contribution in [3.05, 3.63) is 96.7 Å². The number of phenolic OH excluding ortho intramolecular Hbond substituents is 1. The number of ether oxygens (including phenoxy) is 2. The van der Waals surface area contributed by atoms with Crippen LogP contribution in [0.1, 0.15) is 43.5 Å². The van der Waals surface area contributed by atoms with Gasteiger partial charge in [0.2, 0.25) is 0 Å². The van der Waals surface area contributed by atoms with Crippen LogP contribution in [0.2, 0.25) is 0 Å². The summed E-state index contributed by atoms with van der Waals surface area (Å²) in [6, 6.07) is 10.6. The molecule has 8 nitrogen and oxygen atoms in total. The molecule has 4 rings (SSSR count). The molecule has 0 aliphatic carbocycles. The molecule has 1 aliphatic rings. The van der Waals surface area contributed by atoms with Gasteiger partial charge in [0.15, 0.2) is 16.3 Å². The molecule has 1 atom stereocenters. The van der Waals surface area contributed by atoms with Gasteiger partial charge in [0.05, 0.1) is 35.1 Å². The first-order valence-corrected chi connectivity index (χ1v) is 13.6. The summed E-state index contributed by atoms with van der Waals surface area (Å²) >= 11 is 1.25. The molecule has 9 heteroatoms. The molecule has 1 N–H and O–H groups in total. The molecule has 0 saturated heterocycles. The molecule has 1 aromatic heterocycles. The summed E-state index contributed by atoms with van der Waals surface area (Å²) in [6.45, 7) is 9.71. The number of thiazole rings is 1. The third kappa shape index (κ3) is 5.54. The summed E-state index contributed by atoms with van der Waals surface area (Å²) in [5, 5.41) is 10.6. The van der Waals surface area contributed by atoms with Crippen molar-refractivity contribution in [1.82, 2.24) is 4.57 Å². The van der Waals surface area contributed by atoms with Crippen LogP contribution >= 0.6 is 11.3 Å². The summed E-state index contributed by atoms with van der Waals surface area (Å²) in [4.78, 5) is 34.1. The highest BCUT2D eigenvalue weighted by atomic mass is 32.1. The number of phenols is 1. The van der Waals surface area contributed by atoms with Crippen LogP contribution in [0.15, 0.2) is 70.1 Å². The number of carbonyl (C=O) groups excluding carboxylic acids is 1. The summed E-state index contributed by atoms with van der Waals surface area (Å²) in [5.41, 5.74) is 3.70. The maximum atomic E-state index is 13.9. The molecular formula is C30H33N3O5S. The fourth-order valence-electron chi connectivity index (χ4n) is 4.56. The summed E-state index contributed by atoms with van der Waals surface area (Å²) < 4.78 is 13.0. The number of anilines is 1. The minimum absolute atomic E-state index is 0.0613. The van der Waals surface area contributed by atoms with Crippen LogP contribution in [0.5, 0.6) is 11.5 Å². The van der Waals surface area contributed by atoms with Crippen LogP contribution in [0.25, 0.3) is 6.08 Å². The molecule has 0 spiro atoms. The van der Waals surface area contributed by atoms with Crippen molar-refractivity contribution < 1.29 is 19.4 Å². The van der Waals surface area contributed by atoms with E-state index in [0.717, 1.165) is 11.3 Å². The van der Waals surface area contributed by atoms with E-state index < -0.39 is 12.0 Å². The monoisotopic (exact) mass is 547 g/mol. The van der Waals surface area contributed by atoms with E-state index in [9.17, 15) is 14.7 Å². The Morgan fingerprint density at radius 3 is 2.54 bits per heavy atom. The second-order valence-electron chi connectivity index (χ2n) is 9.24. The summed E-state index contributed by atoms with van der Waals surface area (Å²) in [6.07, 6.45) is 3.90. The van der Waals surface area contributed by atoms with E-state index in [4.69, 9.17) is 9.47 Å². The lowest BCUT2D eigenvalue weighted by atomic mass is 9.95. The van der Waals surface area contributed by atoms with Gasteiger partial charge in [0.25, 0.3) is 5.56 Å². The number of nitrogens with zero attached hydrogens (tertiary/aromatic N) is 3. The van der Waals surface area contributed by atoms with Crippen molar-refractivity contribution in [2.24, 2.45) is 4.99 Å². The third-order valence-corrected chi connectivity index (χ3v) is 7.36. The Labute approximate surface area is 231 Å². The lowest BCUT2D eigenvalue weighted by Crippen LogP contribution is -2.39. The van der Waals surface area contributed by atoms with Gasteiger partial charge in [-0.2, -0.15) is 0 Å². The van der Waals surface area contributed by atoms with Crippen molar-refractivity contribution in [3.63, 3.8) is 0 Å². The number of hydrogen-bond donors (Lipinski definition) is 1. The van der Waals surface area contributed by atoms with Crippen LogP contribution in [0, 0.1) is 0 Å². The smallest absolute Gasteiger partial charge is 0.338 e. The van der Waals surface area contributed by atoms with E-state index in [-0.39, 0.29) is 17.9 Å². The molecule has 39 heavy (non-hydrogen) atoms. The topological polar surface area (TPSA) is 93.4 Å². The molecule has 0 bridgehead atoms. The molecule has 0 unspecified atom stereocenters. The van der Waals surface area contributed by atoms with Gasteiger partial charge in [-0.1, -0.05) is 29.5 Å². The molecular weight excluding hydrogens is 514 g/mol. The highest BCUT2D eigenvalue weighted by molar-refractivity contribution is 7.07. The van der Waals surface area contributed by atoms with Crippen LogP contribution in [-0.2, 0) is 16.0 Å². The predicted octanol–water partition coefficient (Wildman–Crippen LogP) is 3.70. The van der Waals surface area contributed by atoms with Crippen molar-refractivity contribution in [3.8, 4) is 11.5 Å². The predicted molar refractivity (Wildman–Crippen MR) is 154 cm³/mol. The second kappa shape index (κ2) is 11.7. The van der Waals surface area contributed by atoms with Gasteiger partial charge < -0.3 is 19.5 Å². The Morgan fingerprint density at radius 1 is 1.21 bits per heavy atom. The Morgan fingerprint density at radius 2 is 1.92 bits per heavy atom. The number of carbonyl (C=O) groups is 1. The van der Waals surface area contributed by atoms with Crippen molar-refractivity contribution in [2.45, 2.75) is 33.2 Å². The van der Waals surface area contributed by atoms with E-state index in [2.05, 4.69) is 11.6 Å². The van der Waals surface area contributed by atoms with Crippen LogP contribution < -0.4 is 24.5 Å². The first kappa shape index (κ1) is 27.9. The maximum absolute atomic E-state index is 13.9. The molecule has 1 aliphatic heterocycles. The summed E-state index contributed by atoms with van der Waals surface area (Å²) in [5.74, 6) is -0.0925. The van der Waals surface area contributed by atoms with Crippen LogP contribution in [-0.4, -0.2) is 43.0 Å². The SMILES string of the molecule is C=CCc1cc(/C=c2/sc3n(c2=O)[C@H](c2ccc(N(C)C)cc2)C(C(=O)OCC)=C(C)N=3)cc(OCC)c1O. The van der Waals surface area contributed by atoms with Gasteiger partial charge in [-0.3, -0.25) is 9.36 Å². The van der Waals surface area contributed by atoms with Crippen molar-refractivity contribution in [2.75, 3.05) is 32.2 Å². The van der Waals surface area contributed by atoms with Crippen LogP contribution in [0.4, 0.5) is 5.69 Å². The lowest BCUT2D eigenvalue weighted by Gasteiger charge is -2.25. The largest absolute Gasteiger partial charge is 0.504 e. The number of benzene rings is 2. The Balaban J connectivity index is 1.93. The zero-order chi connectivity index (χ0) is 28.3. The zero-order valence-corrected chi connectivity index (χ0v) is 23.7. The van der Waals surface area contributed by atoms with Gasteiger partial charge in [-0.05, 0) is 68.7 Å². The molecule has 0 saturated carbocycles. The normalized spacial score (nSPS) is 15.0. The number of esters is 1.